The summed E-state index contributed by atoms with van der Waals surface area (Å²) in [6.07, 6.45) is 2.61. The fourth-order valence-corrected chi connectivity index (χ4v) is 1.56. The van der Waals surface area contributed by atoms with Crippen LogP contribution in [0.25, 0.3) is 6.08 Å². The van der Waals surface area contributed by atoms with E-state index in [0.29, 0.717) is 13.2 Å². The average Bonchev–Trinajstić information content (AvgIpc) is 2.35. The monoisotopic (exact) mass is 215 g/mol. The van der Waals surface area contributed by atoms with Crippen LogP contribution in [-0.4, -0.2) is 13.2 Å². The first-order valence-corrected chi connectivity index (χ1v) is 5.34. The Labute approximate surface area is 94.9 Å². The molecule has 0 radical (unpaired) electrons. The minimum atomic E-state index is 0.582. The second kappa shape index (κ2) is 4.71. The molecule has 0 aromatic heterocycles. The zero-order valence-electron chi connectivity index (χ0n) is 9.19. The first kappa shape index (κ1) is 10.6. The molecule has 0 N–H and O–H groups in total. The largest absolute Gasteiger partial charge is 0.486 e. The summed E-state index contributed by atoms with van der Waals surface area (Å²) in [6.45, 7) is 3.15. The first-order valence-electron chi connectivity index (χ1n) is 5.34. The van der Waals surface area contributed by atoms with Gasteiger partial charge in [-0.15, -0.1) is 0 Å². The molecule has 0 spiro atoms. The van der Waals surface area contributed by atoms with Gasteiger partial charge in [-0.25, -0.2) is 0 Å². The van der Waals surface area contributed by atoms with E-state index >= 15 is 0 Å². The summed E-state index contributed by atoms with van der Waals surface area (Å²) < 4.78 is 10.9. The average molecular weight is 215 g/mol. The van der Waals surface area contributed by atoms with Gasteiger partial charge < -0.3 is 9.47 Å². The van der Waals surface area contributed by atoms with Crippen molar-refractivity contribution in [2.45, 2.75) is 13.3 Å². The van der Waals surface area contributed by atoms with Crippen LogP contribution in [0.4, 0.5) is 0 Å². The molecule has 0 fully saturated rings. The van der Waals surface area contributed by atoms with Crippen molar-refractivity contribution in [3.8, 4) is 17.6 Å². The fraction of sp³-hybridized carbons (Fsp3) is 0.308. The van der Waals surface area contributed by atoms with Crippen molar-refractivity contribution >= 4 is 6.08 Å². The Bertz CT molecular complexity index is 457. The summed E-state index contributed by atoms with van der Waals surface area (Å²) >= 11 is 0. The molecule has 1 aliphatic heterocycles. The number of ether oxygens (including phenoxy) is 2. The summed E-state index contributed by atoms with van der Waals surface area (Å²) in [7, 11) is 0. The van der Waals surface area contributed by atoms with E-state index in [4.69, 9.17) is 14.7 Å². The SMILES string of the molecule is CC/C(C#N)=C\c1ccc2c(c1)OCCO2. The molecule has 2 rings (SSSR count). The van der Waals surface area contributed by atoms with Crippen LogP contribution in [0.2, 0.25) is 0 Å². The predicted octanol–water partition coefficient (Wildman–Crippen LogP) is 2.77. The molecule has 0 aliphatic carbocycles. The van der Waals surface area contributed by atoms with Crippen LogP contribution in [0.15, 0.2) is 23.8 Å². The molecule has 1 aliphatic rings. The highest BCUT2D eigenvalue weighted by Gasteiger charge is 2.10. The van der Waals surface area contributed by atoms with E-state index in [9.17, 15) is 0 Å². The lowest BCUT2D eigenvalue weighted by Gasteiger charge is -2.18. The van der Waals surface area contributed by atoms with E-state index in [0.717, 1.165) is 29.1 Å². The van der Waals surface area contributed by atoms with Gasteiger partial charge in [0.1, 0.15) is 13.2 Å². The molecule has 0 bridgehead atoms. The Morgan fingerprint density at radius 2 is 2.12 bits per heavy atom. The number of fused-ring (bicyclic) bond motifs is 1. The summed E-state index contributed by atoms with van der Waals surface area (Å²) in [5.41, 5.74) is 1.74. The lowest BCUT2D eigenvalue weighted by molar-refractivity contribution is 0.171. The minimum Gasteiger partial charge on any atom is -0.486 e. The van der Waals surface area contributed by atoms with Crippen LogP contribution in [0.3, 0.4) is 0 Å². The Morgan fingerprint density at radius 3 is 2.81 bits per heavy atom. The smallest absolute Gasteiger partial charge is 0.161 e. The molecule has 0 atom stereocenters. The Balaban J connectivity index is 2.31. The fourth-order valence-electron chi connectivity index (χ4n) is 1.56. The van der Waals surface area contributed by atoms with Gasteiger partial charge in [-0.05, 0) is 30.2 Å². The van der Waals surface area contributed by atoms with Gasteiger partial charge in [0.2, 0.25) is 0 Å². The molecular weight excluding hydrogens is 202 g/mol. The number of hydrogen-bond acceptors (Lipinski definition) is 3. The van der Waals surface area contributed by atoms with E-state index in [1.807, 2.05) is 31.2 Å². The highest BCUT2D eigenvalue weighted by Crippen LogP contribution is 2.31. The van der Waals surface area contributed by atoms with Crippen LogP contribution in [0.5, 0.6) is 11.5 Å². The maximum absolute atomic E-state index is 8.85. The molecule has 3 heteroatoms. The topological polar surface area (TPSA) is 42.2 Å². The van der Waals surface area contributed by atoms with E-state index in [1.54, 1.807) is 0 Å². The van der Waals surface area contributed by atoms with Crippen LogP contribution in [-0.2, 0) is 0 Å². The van der Waals surface area contributed by atoms with Gasteiger partial charge in [0, 0.05) is 5.57 Å². The van der Waals surface area contributed by atoms with E-state index < -0.39 is 0 Å². The molecule has 0 unspecified atom stereocenters. The highest BCUT2D eigenvalue weighted by molar-refractivity contribution is 5.60. The molecule has 0 amide bonds. The number of allylic oxidation sites excluding steroid dienone is 1. The van der Waals surface area contributed by atoms with Gasteiger partial charge in [0.05, 0.1) is 6.07 Å². The number of nitriles is 1. The number of benzene rings is 1. The van der Waals surface area contributed by atoms with E-state index in [2.05, 4.69) is 6.07 Å². The van der Waals surface area contributed by atoms with Crippen LogP contribution < -0.4 is 9.47 Å². The maximum Gasteiger partial charge on any atom is 0.161 e. The summed E-state index contributed by atoms with van der Waals surface area (Å²) in [5.74, 6) is 1.53. The van der Waals surface area contributed by atoms with E-state index in [-0.39, 0.29) is 0 Å². The molecule has 1 aromatic carbocycles. The number of rotatable bonds is 2. The standard InChI is InChI=1S/C13H13NO2/c1-2-10(9-14)7-11-3-4-12-13(8-11)16-6-5-15-12/h3-4,7-8H,2,5-6H2,1H3/b10-7+. The second-order valence-corrected chi connectivity index (χ2v) is 3.54. The summed E-state index contributed by atoms with van der Waals surface area (Å²) in [6, 6.07) is 7.88. The van der Waals surface area contributed by atoms with Crippen molar-refractivity contribution in [3.05, 3.63) is 29.3 Å². The van der Waals surface area contributed by atoms with Crippen LogP contribution in [0.1, 0.15) is 18.9 Å². The third-order valence-electron chi connectivity index (χ3n) is 2.43. The molecule has 0 saturated heterocycles. The van der Waals surface area contributed by atoms with Gasteiger partial charge in [-0.3, -0.25) is 0 Å². The minimum absolute atomic E-state index is 0.582. The van der Waals surface area contributed by atoms with Crippen molar-refractivity contribution in [1.82, 2.24) is 0 Å². The molecule has 3 nitrogen and oxygen atoms in total. The molecule has 1 aromatic rings. The van der Waals surface area contributed by atoms with Crippen molar-refractivity contribution < 1.29 is 9.47 Å². The third kappa shape index (κ3) is 2.17. The second-order valence-electron chi connectivity index (χ2n) is 3.54. The Hall–Kier alpha value is -1.95. The molecular formula is C13H13NO2. The highest BCUT2D eigenvalue weighted by atomic mass is 16.6. The van der Waals surface area contributed by atoms with Gasteiger partial charge in [0.25, 0.3) is 0 Å². The molecule has 16 heavy (non-hydrogen) atoms. The van der Waals surface area contributed by atoms with Crippen LogP contribution >= 0.6 is 0 Å². The van der Waals surface area contributed by atoms with Crippen molar-refractivity contribution in [2.75, 3.05) is 13.2 Å². The zero-order valence-corrected chi connectivity index (χ0v) is 9.19. The zero-order chi connectivity index (χ0) is 11.4. The summed E-state index contributed by atoms with van der Waals surface area (Å²) in [5, 5.41) is 8.85. The van der Waals surface area contributed by atoms with Gasteiger partial charge >= 0.3 is 0 Å². The first-order chi connectivity index (χ1) is 7.83. The lowest BCUT2D eigenvalue weighted by atomic mass is 10.1. The van der Waals surface area contributed by atoms with Gasteiger partial charge in [-0.1, -0.05) is 13.0 Å². The number of nitrogens with zero attached hydrogens (tertiary/aromatic N) is 1. The normalized spacial score (nSPS) is 14.4. The molecule has 82 valence electrons. The maximum atomic E-state index is 8.85. The van der Waals surface area contributed by atoms with Crippen molar-refractivity contribution in [1.29, 1.82) is 5.26 Å². The molecule has 1 heterocycles. The molecule has 0 saturated carbocycles. The van der Waals surface area contributed by atoms with Gasteiger partial charge in [0.15, 0.2) is 11.5 Å². The lowest BCUT2D eigenvalue weighted by Crippen LogP contribution is -2.15. The quantitative estimate of drug-likeness (QED) is 0.712. The van der Waals surface area contributed by atoms with Crippen molar-refractivity contribution in [3.63, 3.8) is 0 Å². The third-order valence-corrected chi connectivity index (χ3v) is 2.43. The Kier molecular flexibility index (Phi) is 3.11. The van der Waals surface area contributed by atoms with E-state index in [1.165, 1.54) is 0 Å². The van der Waals surface area contributed by atoms with Crippen molar-refractivity contribution in [2.24, 2.45) is 0 Å². The summed E-state index contributed by atoms with van der Waals surface area (Å²) in [4.78, 5) is 0. The van der Waals surface area contributed by atoms with Crippen LogP contribution in [0, 0.1) is 11.3 Å². The predicted molar refractivity (Wildman–Crippen MR) is 61.3 cm³/mol. The number of hydrogen-bond donors (Lipinski definition) is 0. The Morgan fingerprint density at radius 1 is 1.38 bits per heavy atom. The van der Waals surface area contributed by atoms with Gasteiger partial charge in [-0.2, -0.15) is 5.26 Å².